The summed E-state index contributed by atoms with van der Waals surface area (Å²) >= 11 is 1.84. The summed E-state index contributed by atoms with van der Waals surface area (Å²) in [4.78, 5) is 5.85. The molecule has 0 saturated heterocycles. The van der Waals surface area contributed by atoms with Crippen LogP contribution in [0.15, 0.2) is 6.20 Å². The van der Waals surface area contributed by atoms with E-state index in [0.29, 0.717) is 12.0 Å². The molecular weight excluding hydrogens is 216 g/mol. The second kappa shape index (κ2) is 7.02. The molecule has 1 heterocycles. The molecule has 0 saturated carbocycles. The molecule has 1 N–H and O–H groups in total. The molecule has 92 valence electrons. The fraction of sp³-hybridized carbons (Fsp3) is 0.769. The molecule has 3 heteroatoms. The molecule has 0 aliphatic carbocycles. The van der Waals surface area contributed by atoms with Crippen molar-refractivity contribution in [3.63, 3.8) is 0 Å². The first-order valence-corrected chi connectivity index (χ1v) is 7.17. The van der Waals surface area contributed by atoms with Gasteiger partial charge in [-0.1, -0.05) is 34.1 Å². The van der Waals surface area contributed by atoms with Crippen LogP contribution in [0.3, 0.4) is 0 Å². The Balaban J connectivity index is 2.41. The molecule has 0 aliphatic rings. The number of thiazole rings is 1. The Morgan fingerprint density at radius 2 is 2.12 bits per heavy atom. The monoisotopic (exact) mass is 240 g/mol. The highest BCUT2D eigenvalue weighted by Crippen LogP contribution is 2.21. The van der Waals surface area contributed by atoms with E-state index in [2.05, 4.69) is 38.0 Å². The van der Waals surface area contributed by atoms with E-state index in [0.717, 1.165) is 6.54 Å². The fourth-order valence-electron chi connectivity index (χ4n) is 1.70. The largest absolute Gasteiger partial charge is 0.308 e. The van der Waals surface area contributed by atoms with Crippen LogP contribution >= 0.6 is 11.3 Å². The van der Waals surface area contributed by atoms with Crippen LogP contribution in [-0.4, -0.2) is 11.0 Å². The van der Waals surface area contributed by atoms with Gasteiger partial charge in [0.05, 0.1) is 0 Å². The van der Waals surface area contributed by atoms with E-state index >= 15 is 0 Å². The van der Waals surface area contributed by atoms with Crippen molar-refractivity contribution in [1.82, 2.24) is 10.3 Å². The number of hydrogen-bond acceptors (Lipinski definition) is 3. The second-order valence-electron chi connectivity index (χ2n) is 4.59. The van der Waals surface area contributed by atoms with Gasteiger partial charge in [0.2, 0.25) is 0 Å². The number of nitrogens with zero attached hydrogens (tertiary/aromatic N) is 1. The smallest absolute Gasteiger partial charge is 0.107 e. The van der Waals surface area contributed by atoms with E-state index in [9.17, 15) is 0 Å². The summed E-state index contributed by atoms with van der Waals surface area (Å²) in [5, 5.41) is 4.81. The molecule has 0 aromatic carbocycles. The van der Waals surface area contributed by atoms with Crippen molar-refractivity contribution < 1.29 is 0 Å². The maximum absolute atomic E-state index is 4.46. The maximum Gasteiger partial charge on any atom is 0.107 e. The Bertz CT molecular complexity index is 294. The first-order chi connectivity index (χ1) is 7.67. The zero-order chi connectivity index (χ0) is 12.0. The van der Waals surface area contributed by atoms with Gasteiger partial charge in [-0.25, -0.2) is 4.98 Å². The molecule has 0 amide bonds. The average molecular weight is 240 g/mol. The van der Waals surface area contributed by atoms with Crippen LogP contribution < -0.4 is 5.32 Å². The summed E-state index contributed by atoms with van der Waals surface area (Å²) in [6.07, 6.45) is 5.74. The topological polar surface area (TPSA) is 24.9 Å². The fourth-order valence-corrected chi connectivity index (χ4v) is 2.58. The van der Waals surface area contributed by atoms with Crippen molar-refractivity contribution in [3.8, 4) is 0 Å². The first kappa shape index (κ1) is 13.7. The van der Waals surface area contributed by atoms with Crippen molar-refractivity contribution in [3.05, 3.63) is 16.1 Å². The summed E-state index contributed by atoms with van der Waals surface area (Å²) in [6.45, 7) is 9.85. The van der Waals surface area contributed by atoms with Crippen LogP contribution in [0.4, 0.5) is 0 Å². The van der Waals surface area contributed by atoms with Gasteiger partial charge in [0.25, 0.3) is 0 Å². The molecule has 0 spiro atoms. The third-order valence-electron chi connectivity index (χ3n) is 2.81. The Morgan fingerprint density at radius 1 is 1.38 bits per heavy atom. The standard InChI is InChI=1S/C13H24N2S/c1-5-7-11(6-2)14-9-13-15-8-12(16-13)10(3)4/h8,10-11,14H,5-7,9H2,1-4H3. The number of nitrogens with one attached hydrogen (secondary N) is 1. The van der Waals surface area contributed by atoms with Crippen molar-refractivity contribution in [2.75, 3.05) is 0 Å². The van der Waals surface area contributed by atoms with E-state index in [1.54, 1.807) is 0 Å². The van der Waals surface area contributed by atoms with E-state index in [1.165, 1.54) is 29.1 Å². The highest BCUT2D eigenvalue weighted by Gasteiger charge is 2.08. The quantitative estimate of drug-likeness (QED) is 0.781. The molecule has 0 aliphatic heterocycles. The van der Waals surface area contributed by atoms with Crippen LogP contribution in [0, 0.1) is 0 Å². The van der Waals surface area contributed by atoms with E-state index < -0.39 is 0 Å². The van der Waals surface area contributed by atoms with E-state index in [4.69, 9.17) is 0 Å². The van der Waals surface area contributed by atoms with Gasteiger partial charge >= 0.3 is 0 Å². The van der Waals surface area contributed by atoms with Crippen molar-refractivity contribution in [2.45, 2.75) is 65.5 Å². The average Bonchev–Trinajstić information content (AvgIpc) is 2.73. The minimum Gasteiger partial charge on any atom is -0.308 e. The maximum atomic E-state index is 4.46. The molecule has 0 bridgehead atoms. The third-order valence-corrected chi connectivity index (χ3v) is 4.11. The van der Waals surface area contributed by atoms with Crippen molar-refractivity contribution in [2.24, 2.45) is 0 Å². The Kier molecular flexibility index (Phi) is 5.99. The second-order valence-corrected chi connectivity index (χ2v) is 5.73. The van der Waals surface area contributed by atoms with Gasteiger partial charge in [-0.2, -0.15) is 0 Å². The summed E-state index contributed by atoms with van der Waals surface area (Å²) in [5.74, 6) is 0.601. The van der Waals surface area contributed by atoms with Gasteiger partial charge in [-0.05, 0) is 18.8 Å². The molecule has 0 radical (unpaired) electrons. The molecule has 1 rings (SSSR count). The normalized spacial score (nSPS) is 13.3. The van der Waals surface area contributed by atoms with Crippen LogP contribution in [0.1, 0.15) is 62.8 Å². The summed E-state index contributed by atoms with van der Waals surface area (Å²) < 4.78 is 0. The minimum absolute atomic E-state index is 0.601. The lowest BCUT2D eigenvalue weighted by Gasteiger charge is -2.14. The number of rotatable bonds is 7. The highest BCUT2D eigenvalue weighted by atomic mass is 32.1. The zero-order valence-electron chi connectivity index (χ0n) is 10.9. The lowest BCUT2D eigenvalue weighted by Crippen LogP contribution is -2.27. The lowest BCUT2D eigenvalue weighted by molar-refractivity contribution is 0.462. The molecule has 2 nitrogen and oxygen atoms in total. The Morgan fingerprint density at radius 3 is 2.62 bits per heavy atom. The highest BCUT2D eigenvalue weighted by molar-refractivity contribution is 7.11. The number of hydrogen-bond donors (Lipinski definition) is 1. The van der Waals surface area contributed by atoms with Crippen LogP contribution in [0.25, 0.3) is 0 Å². The molecule has 1 unspecified atom stereocenters. The Labute approximate surface area is 103 Å². The third kappa shape index (κ3) is 4.22. The lowest BCUT2D eigenvalue weighted by atomic mass is 10.1. The van der Waals surface area contributed by atoms with Gasteiger partial charge < -0.3 is 5.32 Å². The summed E-state index contributed by atoms with van der Waals surface area (Å²) in [7, 11) is 0. The summed E-state index contributed by atoms with van der Waals surface area (Å²) in [6, 6.07) is 0.649. The predicted octanol–water partition coefficient (Wildman–Crippen LogP) is 3.93. The van der Waals surface area contributed by atoms with Crippen LogP contribution in [-0.2, 0) is 6.54 Å². The predicted molar refractivity (Wildman–Crippen MR) is 72.0 cm³/mol. The van der Waals surface area contributed by atoms with Gasteiger partial charge in [0.1, 0.15) is 5.01 Å². The number of aromatic nitrogens is 1. The molecule has 1 aromatic heterocycles. The first-order valence-electron chi connectivity index (χ1n) is 6.35. The minimum atomic E-state index is 0.601. The van der Waals surface area contributed by atoms with E-state index in [-0.39, 0.29) is 0 Å². The van der Waals surface area contributed by atoms with Gasteiger partial charge in [0, 0.05) is 23.7 Å². The van der Waals surface area contributed by atoms with Crippen LogP contribution in [0.2, 0.25) is 0 Å². The van der Waals surface area contributed by atoms with Crippen molar-refractivity contribution >= 4 is 11.3 Å². The zero-order valence-corrected chi connectivity index (χ0v) is 11.7. The molecular formula is C13H24N2S. The molecule has 1 atom stereocenters. The molecule has 16 heavy (non-hydrogen) atoms. The van der Waals surface area contributed by atoms with Gasteiger partial charge in [-0.3, -0.25) is 0 Å². The molecule has 1 aromatic rings. The summed E-state index contributed by atoms with van der Waals surface area (Å²) in [5.41, 5.74) is 0. The van der Waals surface area contributed by atoms with Gasteiger partial charge in [0.15, 0.2) is 0 Å². The van der Waals surface area contributed by atoms with Gasteiger partial charge in [-0.15, -0.1) is 11.3 Å². The molecule has 0 fully saturated rings. The van der Waals surface area contributed by atoms with E-state index in [1.807, 2.05) is 17.5 Å². The van der Waals surface area contributed by atoms with Crippen molar-refractivity contribution in [1.29, 1.82) is 0 Å². The SMILES string of the molecule is CCCC(CC)NCc1ncc(C(C)C)s1. The van der Waals surface area contributed by atoms with Crippen LogP contribution in [0.5, 0.6) is 0 Å². The Hall–Kier alpha value is -0.410.